The summed E-state index contributed by atoms with van der Waals surface area (Å²) in [5.41, 5.74) is 2.20. The van der Waals surface area contributed by atoms with Crippen LogP contribution in [0.5, 0.6) is 11.5 Å². The van der Waals surface area contributed by atoms with Crippen molar-refractivity contribution < 1.29 is 26.3 Å². The third-order valence-electron chi connectivity index (χ3n) is 7.02. The number of sulfone groups is 1. The van der Waals surface area contributed by atoms with E-state index in [4.69, 9.17) is 4.74 Å². The molecule has 0 fully saturated rings. The van der Waals surface area contributed by atoms with Gasteiger partial charge in [0.25, 0.3) is 0 Å². The first kappa shape index (κ1) is 29.3. The van der Waals surface area contributed by atoms with Crippen molar-refractivity contribution in [3.8, 4) is 22.6 Å². The molecule has 4 aromatic carbocycles. The lowest BCUT2D eigenvalue weighted by atomic mass is 9.92. The standard InChI is InChI=1S/C34H30F3NO3S/c1-23(2)18-19-42(39,40)29-16-14-27(15-17-29)41-28-11-6-10-25(21-28)32-26(20-24-8-4-3-5-9-24)22-38-33-30(32)12-7-13-31(33)34(35,36)37/h3-17,21-23H,18-20H2,1-2H3. The van der Waals surface area contributed by atoms with Gasteiger partial charge in [0.1, 0.15) is 11.5 Å². The molecule has 0 amide bonds. The second-order valence-electron chi connectivity index (χ2n) is 10.6. The predicted octanol–water partition coefficient (Wildman–Crippen LogP) is 9.12. The van der Waals surface area contributed by atoms with Crippen molar-refractivity contribution in [1.82, 2.24) is 4.98 Å². The van der Waals surface area contributed by atoms with Gasteiger partial charge < -0.3 is 4.74 Å². The average molecular weight is 590 g/mol. The van der Waals surface area contributed by atoms with E-state index in [0.717, 1.165) is 17.2 Å². The number of pyridine rings is 1. The lowest BCUT2D eigenvalue weighted by Crippen LogP contribution is -2.08. The van der Waals surface area contributed by atoms with Crippen LogP contribution >= 0.6 is 0 Å². The van der Waals surface area contributed by atoms with Crippen LogP contribution in [0.1, 0.15) is 37.0 Å². The van der Waals surface area contributed by atoms with Crippen LogP contribution < -0.4 is 4.74 Å². The zero-order valence-electron chi connectivity index (χ0n) is 23.2. The highest BCUT2D eigenvalue weighted by Gasteiger charge is 2.33. The third kappa shape index (κ3) is 6.65. The number of halogens is 3. The highest BCUT2D eigenvalue weighted by molar-refractivity contribution is 7.91. The highest BCUT2D eigenvalue weighted by Crippen LogP contribution is 2.40. The summed E-state index contributed by atoms with van der Waals surface area (Å²) in [4.78, 5) is 4.51. The van der Waals surface area contributed by atoms with Gasteiger partial charge in [0, 0.05) is 11.6 Å². The number of hydrogen-bond acceptors (Lipinski definition) is 4. The number of alkyl halides is 3. The molecule has 0 saturated heterocycles. The molecule has 4 nitrogen and oxygen atoms in total. The fraction of sp³-hybridized carbons (Fsp3) is 0.206. The van der Waals surface area contributed by atoms with Crippen LogP contribution in [0.15, 0.2) is 108 Å². The molecule has 5 rings (SSSR count). The van der Waals surface area contributed by atoms with Crippen LogP contribution in [-0.2, 0) is 22.4 Å². The van der Waals surface area contributed by atoms with Gasteiger partial charge in [0.2, 0.25) is 0 Å². The van der Waals surface area contributed by atoms with Crippen molar-refractivity contribution in [3.63, 3.8) is 0 Å². The van der Waals surface area contributed by atoms with E-state index in [-0.39, 0.29) is 22.1 Å². The SMILES string of the molecule is CC(C)CCS(=O)(=O)c1ccc(Oc2cccc(-c3c(Cc4ccccc4)cnc4c(C(F)(F)F)cccc34)c2)cc1. The van der Waals surface area contributed by atoms with Crippen LogP contribution in [-0.4, -0.2) is 19.2 Å². The maximum atomic E-state index is 13.9. The Kier molecular flexibility index (Phi) is 8.36. The zero-order valence-corrected chi connectivity index (χ0v) is 24.0. The lowest BCUT2D eigenvalue weighted by Gasteiger charge is -2.17. The number of nitrogens with zero attached hydrogens (tertiary/aromatic N) is 1. The molecular formula is C34H30F3NO3S. The molecule has 0 N–H and O–H groups in total. The quantitative estimate of drug-likeness (QED) is 0.172. The number of benzene rings is 4. The van der Waals surface area contributed by atoms with Crippen molar-refractivity contribution in [2.24, 2.45) is 5.92 Å². The van der Waals surface area contributed by atoms with E-state index in [2.05, 4.69) is 4.98 Å². The van der Waals surface area contributed by atoms with Gasteiger partial charge in [-0.25, -0.2) is 8.42 Å². The molecule has 0 radical (unpaired) electrons. The molecule has 1 heterocycles. The molecule has 0 aliphatic carbocycles. The van der Waals surface area contributed by atoms with Crippen LogP contribution in [0.25, 0.3) is 22.0 Å². The number of rotatable bonds is 9. The van der Waals surface area contributed by atoms with Crippen molar-refractivity contribution in [2.45, 2.75) is 37.8 Å². The smallest absolute Gasteiger partial charge is 0.418 e. The maximum absolute atomic E-state index is 13.9. The minimum absolute atomic E-state index is 0.0776. The van der Waals surface area contributed by atoms with Crippen LogP contribution in [0.3, 0.4) is 0 Å². The Morgan fingerprint density at radius 3 is 2.24 bits per heavy atom. The second kappa shape index (κ2) is 12.0. The minimum Gasteiger partial charge on any atom is -0.457 e. The molecule has 0 unspecified atom stereocenters. The first-order valence-corrected chi connectivity index (χ1v) is 15.3. The van der Waals surface area contributed by atoms with E-state index in [1.54, 1.807) is 36.4 Å². The monoisotopic (exact) mass is 589 g/mol. The van der Waals surface area contributed by atoms with Crippen molar-refractivity contribution in [2.75, 3.05) is 5.75 Å². The summed E-state index contributed by atoms with van der Waals surface area (Å²) in [6.07, 6.45) is -1.98. The van der Waals surface area contributed by atoms with Crippen LogP contribution in [0, 0.1) is 5.92 Å². The fourth-order valence-electron chi connectivity index (χ4n) is 4.86. The van der Waals surface area contributed by atoms with Crippen molar-refractivity contribution >= 4 is 20.7 Å². The van der Waals surface area contributed by atoms with Gasteiger partial charge in [0.05, 0.1) is 21.7 Å². The summed E-state index contributed by atoms with van der Waals surface area (Å²) in [5, 5.41) is 0.395. The third-order valence-corrected chi connectivity index (χ3v) is 8.79. The Morgan fingerprint density at radius 2 is 1.55 bits per heavy atom. The molecule has 8 heteroatoms. The highest BCUT2D eigenvalue weighted by atomic mass is 32.2. The Balaban J connectivity index is 1.53. The Morgan fingerprint density at radius 1 is 0.833 bits per heavy atom. The molecule has 0 aliphatic heterocycles. The van der Waals surface area contributed by atoms with E-state index in [1.807, 2.05) is 50.2 Å². The first-order valence-electron chi connectivity index (χ1n) is 13.6. The lowest BCUT2D eigenvalue weighted by molar-refractivity contribution is -0.136. The molecule has 0 aliphatic rings. The van der Waals surface area contributed by atoms with Crippen molar-refractivity contribution in [1.29, 1.82) is 0 Å². The average Bonchev–Trinajstić information content (AvgIpc) is 2.96. The summed E-state index contributed by atoms with van der Waals surface area (Å²) in [7, 11) is -3.39. The molecule has 0 spiro atoms. The number of para-hydroxylation sites is 1. The van der Waals surface area contributed by atoms with Gasteiger partial charge in [0.15, 0.2) is 9.84 Å². The van der Waals surface area contributed by atoms with Crippen molar-refractivity contribution in [3.05, 3.63) is 120 Å². The molecule has 1 aromatic heterocycles. The molecule has 0 bridgehead atoms. The first-order chi connectivity index (χ1) is 20.0. The largest absolute Gasteiger partial charge is 0.457 e. The van der Waals surface area contributed by atoms with E-state index < -0.39 is 21.6 Å². The number of ether oxygens (including phenoxy) is 1. The molecule has 5 aromatic rings. The predicted molar refractivity (Wildman–Crippen MR) is 159 cm³/mol. The summed E-state index contributed by atoms with van der Waals surface area (Å²) < 4.78 is 73.0. The summed E-state index contributed by atoms with van der Waals surface area (Å²) in [5.74, 6) is 1.26. The summed E-state index contributed by atoms with van der Waals surface area (Å²) in [6, 6.07) is 27.2. The normalized spacial score (nSPS) is 12.1. The Labute approximate surface area is 243 Å². The van der Waals surface area contributed by atoms with Gasteiger partial charge in [-0.05, 0) is 83.5 Å². The van der Waals surface area contributed by atoms with Gasteiger partial charge in [-0.3, -0.25) is 4.98 Å². The topological polar surface area (TPSA) is 56.3 Å². The molecular weight excluding hydrogens is 559 g/mol. The van der Waals surface area contributed by atoms with Gasteiger partial charge in [-0.15, -0.1) is 0 Å². The van der Waals surface area contributed by atoms with E-state index in [1.165, 1.54) is 24.4 Å². The summed E-state index contributed by atoms with van der Waals surface area (Å²) in [6.45, 7) is 3.96. The van der Waals surface area contributed by atoms with E-state index >= 15 is 0 Å². The number of hydrogen-bond donors (Lipinski definition) is 0. The number of fused-ring (bicyclic) bond motifs is 1. The molecule has 42 heavy (non-hydrogen) atoms. The molecule has 216 valence electrons. The maximum Gasteiger partial charge on any atom is 0.418 e. The van der Waals surface area contributed by atoms with Crippen LogP contribution in [0.4, 0.5) is 13.2 Å². The Hall–Kier alpha value is -4.17. The molecule has 0 saturated carbocycles. The van der Waals surface area contributed by atoms with Gasteiger partial charge in [-0.2, -0.15) is 13.2 Å². The van der Waals surface area contributed by atoms with Gasteiger partial charge in [-0.1, -0.05) is 68.4 Å². The second-order valence-corrected chi connectivity index (χ2v) is 12.7. The number of aromatic nitrogens is 1. The van der Waals surface area contributed by atoms with E-state index in [0.29, 0.717) is 40.9 Å². The Bertz CT molecular complexity index is 1800. The fourth-order valence-corrected chi connectivity index (χ4v) is 6.43. The van der Waals surface area contributed by atoms with Crippen LogP contribution in [0.2, 0.25) is 0 Å². The molecule has 0 atom stereocenters. The zero-order chi connectivity index (χ0) is 29.9. The minimum atomic E-state index is -4.55. The summed E-state index contributed by atoms with van der Waals surface area (Å²) >= 11 is 0. The van der Waals surface area contributed by atoms with Gasteiger partial charge >= 0.3 is 6.18 Å². The van der Waals surface area contributed by atoms with E-state index in [9.17, 15) is 21.6 Å².